The smallest absolute Gasteiger partial charge is 0.242 e. The maximum Gasteiger partial charge on any atom is 0.242 e. The summed E-state index contributed by atoms with van der Waals surface area (Å²) in [4.78, 5) is 22.3. The Morgan fingerprint density at radius 1 is 1.23 bits per heavy atom. The highest BCUT2D eigenvalue weighted by molar-refractivity contribution is 14.0. The molecule has 0 aromatic carbocycles. The van der Waals surface area contributed by atoms with Gasteiger partial charge in [-0.05, 0) is 33.6 Å². The Labute approximate surface area is 178 Å². The zero-order valence-electron chi connectivity index (χ0n) is 16.1. The molecular formula is C18H32IN5OS. The molecule has 148 valence electrons. The number of carbonyl (C=O) groups is 1. The van der Waals surface area contributed by atoms with Gasteiger partial charge in [0.15, 0.2) is 5.96 Å². The molecule has 0 unspecified atom stereocenters. The molecule has 1 aromatic heterocycles. The lowest BCUT2D eigenvalue weighted by molar-refractivity contribution is -0.120. The SMILES string of the molecule is CCNC(=NCC(=O)NC1CCCCC1)NCCc1nc(C)c(C)s1.I. The van der Waals surface area contributed by atoms with Crippen molar-refractivity contribution in [3.05, 3.63) is 15.6 Å². The predicted molar refractivity (Wildman–Crippen MR) is 120 cm³/mol. The van der Waals surface area contributed by atoms with E-state index in [2.05, 4.69) is 32.9 Å². The van der Waals surface area contributed by atoms with Crippen LogP contribution in [-0.2, 0) is 11.2 Å². The summed E-state index contributed by atoms with van der Waals surface area (Å²) in [5, 5.41) is 10.7. The van der Waals surface area contributed by atoms with Crippen LogP contribution in [0.25, 0.3) is 0 Å². The molecule has 1 amide bonds. The van der Waals surface area contributed by atoms with E-state index in [4.69, 9.17) is 0 Å². The largest absolute Gasteiger partial charge is 0.357 e. The second-order valence-electron chi connectivity index (χ2n) is 6.52. The van der Waals surface area contributed by atoms with Gasteiger partial charge in [-0.1, -0.05) is 19.3 Å². The molecular weight excluding hydrogens is 461 g/mol. The van der Waals surface area contributed by atoms with Gasteiger partial charge in [0.05, 0.1) is 10.7 Å². The molecule has 0 bridgehead atoms. The third-order valence-corrected chi connectivity index (χ3v) is 5.53. The quantitative estimate of drug-likeness (QED) is 0.310. The van der Waals surface area contributed by atoms with Crippen molar-refractivity contribution in [2.75, 3.05) is 19.6 Å². The van der Waals surface area contributed by atoms with Gasteiger partial charge in [-0.2, -0.15) is 0 Å². The maximum absolute atomic E-state index is 12.1. The number of hydrogen-bond donors (Lipinski definition) is 3. The van der Waals surface area contributed by atoms with Gasteiger partial charge in [0.1, 0.15) is 6.54 Å². The lowest BCUT2D eigenvalue weighted by Crippen LogP contribution is -2.41. The van der Waals surface area contributed by atoms with E-state index in [1.165, 1.54) is 24.1 Å². The van der Waals surface area contributed by atoms with E-state index in [9.17, 15) is 4.79 Å². The number of hydrogen-bond acceptors (Lipinski definition) is 4. The number of nitrogens with one attached hydrogen (secondary N) is 3. The van der Waals surface area contributed by atoms with E-state index in [1.807, 2.05) is 13.8 Å². The summed E-state index contributed by atoms with van der Waals surface area (Å²) in [5.41, 5.74) is 1.11. The lowest BCUT2D eigenvalue weighted by Gasteiger charge is -2.22. The normalized spacial score (nSPS) is 15.3. The molecule has 1 fully saturated rings. The van der Waals surface area contributed by atoms with Gasteiger partial charge in [-0.25, -0.2) is 9.98 Å². The molecule has 0 saturated heterocycles. The highest BCUT2D eigenvalue weighted by atomic mass is 127. The predicted octanol–water partition coefficient (Wildman–Crippen LogP) is 2.92. The van der Waals surface area contributed by atoms with Crippen LogP contribution in [0.4, 0.5) is 0 Å². The number of aliphatic imine (C=N–C) groups is 1. The van der Waals surface area contributed by atoms with Crippen molar-refractivity contribution in [3.63, 3.8) is 0 Å². The molecule has 0 atom stereocenters. The Morgan fingerprint density at radius 2 is 1.96 bits per heavy atom. The van der Waals surface area contributed by atoms with Gasteiger partial charge in [0.25, 0.3) is 0 Å². The fraction of sp³-hybridized carbons (Fsp3) is 0.722. The monoisotopic (exact) mass is 493 g/mol. The number of thiazole rings is 1. The van der Waals surface area contributed by atoms with Crippen LogP contribution in [0.1, 0.15) is 54.6 Å². The Kier molecular flexibility index (Phi) is 11.1. The molecule has 26 heavy (non-hydrogen) atoms. The third-order valence-electron chi connectivity index (χ3n) is 4.40. The Morgan fingerprint density at radius 3 is 2.58 bits per heavy atom. The van der Waals surface area contributed by atoms with Crippen LogP contribution in [-0.4, -0.2) is 42.5 Å². The summed E-state index contributed by atoms with van der Waals surface area (Å²) in [6.45, 7) is 7.85. The molecule has 0 aliphatic heterocycles. The van der Waals surface area contributed by atoms with Crippen molar-refractivity contribution in [3.8, 4) is 0 Å². The van der Waals surface area contributed by atoms with Crippen molar-refractivity contribution < 1.29 is 4.79 Å². The first-order valence-corrected chi connectivity index (χ1v) is 10.1. The fourth-order valence-electron chi connectivity index (χ4n) is 2.95. The van der Waals surface area contributed by atoms with E-state index in [1.54, 1.807) is 11.3 Å². The van der Waals surface area contributed by atoms with Crippen LogP contribution in [0.3, 0.4) is 0 Å². The van der Waals surface area contributed by atoms with Crippen molar-refractivity contribution in [2.45, 2.75) is 65.3 Å². The number of nitrogens with zero attached hydrogens (tertiary/aromatic N) is 2. The number of rotatable bonds is 7. The molecule has 0 spiro atoms. The van der Waals surface area contributed by atoms with Crippen molar-refractivity contribution in [1.29, 1.82) is 0 Å². The van der Waals surface area contributed by atoms with Crippen molar-refractivity contribution in [1.82, 2.24) is 20.9 Å². The topological polar surface area (TPSA) is 78.4 Å². The standard InChI is InChI=1S/C18H31N5OS.HI/c1-4-19-18(20-11-10-17-22-13(2)14(3)25-17)21-12-16(24)23-15-8-6-5-7-9-15;/h15H,4-12H2,1-3H3,(H,23,24)(H2,19,20,21);1H. The highest BCUT2D eigenvalue weighted by Gasteiger charge is 2.15. The molecule has 1 aliphatic carbocycles. The number of halogens is 1. The van der Waals surface area contributed by atoms with Gasteiger partial charge < -0.3 is 16.0 Å². The highest BCUT2D eigenvalue weighted by Crippen LogP contribution is 2.17. The molecule has 3 N–H and O–H groups in total. The van der Waals surface area contributed by atoms with Gasteiger partial charge in [-0.15, -0.1) is 35.3 Å². The first-order chi connectivity index (χ1) is 12.1. The third kappa shape index (κ3) is 8.20. The van der Waals surface area contributed by atoms with E-state index < -0.39 is 0 Å². The Bertz CT molecular complexity index is 565. The molecule has 1 saturated carbocycles. The van der Waals surface area contributed by atoms with Crippen LogP contribution in [0.5, 0.6) is 0 Å². The summed E-state index contributed by atoms with van der Waals surface area (Å²) >= 11 is 1.74. The average molecular weight is 493 g/mol. The first kappa shape index (κ1) is 23.1. The van der Waals surface area contributed by atoms with Gasteiger partial charge in [0, 0.05) is 30.4 Å². The van der Waals surface area contributed by atoms with E-state index >= 15 is 0 Å². The van der Waals surface area contributed by atoms with Crippen LogP contribution in [0.15, 0.2) is 4.99 Å². The zero-order valence-corrected chi connectivity index (χ0v) is 19.2. The number of aryl methyl sites for hydroxylation is 2. The Balaban J connectivity index is 0.00000338. The van der Waals surface area contributed by atoms with Gasteiger partial charge in [0.2, 0.25) is 5.91 Å². The molecule has 8 heteroatoms. The molecule has 1 aromatic rings. The number of guanidine groups is 1. The lowest BCUT2D eigenvalue weighted by atomic mass is 9.95. The fourth-order valence-corrected chi connectivity index (χ4v) is 3.88. The second-order valence-corrected chi connectivity index (χ2v) is 7.81. The molecule has 0 radical (unpaired) electrons. The molecule has 2 rings (SSSR count). The second kappa shape index (κ2) is 12.5. The Hall–Kier alpha value is -0.900. The summed E-state index contributed by atoms with van der Waals surface area (Å²) in [6.07, 6.45) is 6.78. The molecule has 1 aliphatic rings. The van der Waals surface area contributed by atoms with E-state index in [0.717, 1.165) is 43.1 Å². The average Bonchev–Trinajstić information content (AvgIpc) is 2.91. The van der Waals surface area contributed by atoms with Crippen LogP contribution >= 0.6 is 35.3 Å². The van der Waals surface area contributed by atoms with Crippen molar-refractivity contribution >= 4 is 47.2 Å². The zero-order chi connectivity index (χ0) is 18.1. The van der Waals surface area contributed by atoms with E-state index in [-0.39, 0.29) is 36.4 Å². The summed E-state index contributed by atoms with van der Waals surface area (Å²) in [6, 6.07) is 0.336. The number of aromatic nitrogens is 1. The number of amides is 1. The summed E-state index contributed by atoms with van der Waals surface area (Å²) in [5.74, 6) is 0.696. The van der Waals surface area contributed by atoms with Crippen LogP contribution in [0, 0.1) is 13.8 Å². The summed E-state index contributed by atoms with van der Waals surface area (Å²) < 4.78 is 0. The minimum atomic E-state index is 0. The minimum Gasteiger partial charge on any atom is -0.357 e. The van der Waals surface area contributed by atoms with Gasteiger partial charge >= 0.3 is 0 Å². The first-order valence-electron chi connectivity index (χ1n) is 9.33. The van der Waals surface area contributed by atoms with Crippen LogP contribution in [0.2, 0.25) is 0 Å². The molecule has 1 heterocycles. The minimum absolute atomic E-state index is 0. The maximum atomic E-state index is 12.1. The van der Waals surface area contributed by atoms with Crippen LogP contribution < -0.4 is 16.0 Å². The van der Waals surface area contributed by atoms with Crippen molar-refractivity contribution in [2.24, 2.45) is 4.99 Å². The number of carbonyl (C=O) groups excluding carboxylic acids is 1. The summed E-state index contributed by atoms with van der Waals surface area (Å²) in [7, 11) is 0. The molecule has 6 nitrogen and oxygen atoms in total. The van der Waals surface area contributed by atoms with Gasteiger partial charge in [-0.3, -0.25) is 4.79 Å². The van der Waals surface area contributed by atoms with E-state index in [0.29, 0.717) is 12.0 Å².